The van der Waals surface area contributed by atoms with Gasteiger partial charge in [0, 0.05) is 0 Å². The molecule has 0 aromatic carbocycles. The lowest BCUT2D eigenvalue weighted by Gasteiger charge is -2.40. The highest BCUT2D eigenvalue weighted by atomic mass is 14.9. The van der Waals surface area contributed by atoms with Gasteiger partial charge in [-0.3, -0.25) is 0 Å². The largest absolute Gasteiger partial charge is 0.0588 e. The zero-order valence-corrected chi connectivity index (χ0v) is 10.2. The van der Waals surface area contributed by atoms with Crippen molar-refractivity contribution in [1.29, 1.82) is 0 Å². The van der Waals surface area contributed by atoms with Gasteiger partial charge in [0.2, 0.25) is 0 Å². The van der Waals surface area contributed by atoms with E-state index in [-0.39, 0.29) is 0 Å². The minimum absolute atomic E-state index is 0.872. The van der Waals surface area contributed by atoms with Gasteiger partial charge in [0.1, 0.15) is 0 Å². The van der Waals surface area contributed by atoms with Gasteiger partial charge in [0.25, 0.3) is 0 Å². The first-order chi connectivity index (χ1) is 7.83. The molecule has 7 aliphatic carbocycles. The van der Waals surface area contributed by atoms with Crippen molar-refractivity contribution in [2.45, 2.75) is 39.0 Å². The van der Waals surface area contributed by atoms with E-state index in [2.05, 4.69) is 6.92 Å². The van der Waals surface area contributed by atoms with Crippen molar-refractivity contribution < 1.29 is 0 Å². The molecular formula is C16H22. The Kier molecular flexibility index (Phi) is 1.04. The fraction of sp³-hybridized carbons (Fsp3) is 1.00. The summed E-state index contributed by atoms with van der Waals surface area (Å²) in [7, 11) is 0. The van der Waals surface area contributed by atoms with Crippen molar-refractivity contribution in [3.63, 3.8) is 0 Å². The minimum Gasteiger partial charge on any atom is -0.0588 e. The van der Waals surface area contributed by atoms with Gasteiger partial charge in [-0.25, -0.2) is 0 Å². The zero-order valence-electron chi connectivity index (χ0n) is 10.2. The molecule has 7 rings (SSSR count). The van der Waals surface area contributed by atoms with Crippen LogP contribution in [-0.2, 0) is 0 Å². The van der Waals surface area contributed by atoms with Crippen LogP contribution in [0.3, 0.4) is 0 Å². The van der Waals surface area contributed by atoms with Crippen LogP contribution < -0.4 is 0 Å². The van der Waals surface area contributed by atoms with Crippen LogP contribution in [0.5, 0.6) is 0 Å². The lowest BCUT2D eigenvalue weighted by molar-refractivity contribution is 0.0716. The molecule has 8 atom stereocenters. The van der Waals surface area contributed by atoms with E-state index in [1.54, 1.807) is 32.1 Å². The van der Waals surface area contributed by atoms with Gasteiger partial charge in [0.15, 0.2) is 0 Å². The summed E-state index contributed by atoms with van der Waals surface area (Å²) < 4.78 is 0. The number of hydrogen-bond donors (Lipinski definition) is 0. The zero-order chi connectivity index (χ0) is 10.2. The van der Waals surface area contributed by atoms with E-state index in [0.29, 0.717) is 0 Å². The number of hydrogen-bond acceptors (Lipinski definition) is 0. The molecule has 0 radical (unpaired) electrons. The van der Waals surface area contributed by atoms with E-state index in [1.807, 2.05) is 0 Å². The molecule has 0 aromatic heterocycles. The van der Waals surface area contributed by atoms with Crippen LogP contribution in [0.15, 0.2) is 0 Å². The Morgan fingerprint density at radius 3 is 1.81 bits per heavy atom. The first-order valence-electron chi connectivity index (χ1n) is 7.83. The van der Waals surface area contributed by atoms with Crippen LogP contribution in [0.25, 0.3) is 0 Å². The van der Waals surface area contributed by atoms with E-state index < -0.39 is 0 Å². The van der Waals surface area contributed by atoms with Crippen LogP contribution in [0.2, 0.25) is 0 Å². The van der Waals surface area contributed by atoms with Crippen LogP contribution >= 0.6 is 0 Å². The summed E-state index contributed by atoms with van der Waals surface area (Å²) in [6.07, 6.45) is 8.08. The summed E-state index contributed by atoms with van der Waals surface area (Å²) in [5, 5.41) is 0. The van der Waals surface area contributed by atoms with Crippen LogP contribution in [0.4, 0.5) is 0 Å². The highest BCUT2D eigenvalue weighted by Crippen LogP contribution is 2.90. The molecular weight excluding hydrogens is 192 g/mol. The van der Waals surface area contributed by atoms with Gasteiger partial charge in [-0.2, -0.15) is 0 Å². The van der Waals surface area contributed by atoms with Gasteiger partial charge in [-0.05, 0) is 84.4 Å². The second-order valence-electron chi connectivity index (χ2n) is 8.26. The van der Waals surface area contributed by atoms with Crippen molar-refractivity contribution in [2.24, 2.45) is 58.7 Å². The molecule has 7 fully saturated rings. The van der Waals surface area contributed by atoms with E-state index in [4.69, 9.17) is 0 Å². The average Bonchev–Trinajstić information content (AvgIpc) is 2.98. The van der Waals surface area contributed by atoms with Crippen molar-refractivity contribution in [1.82, 2.24) is 0 Å². The van der Waals surface area contributed by atoms with E-state index in [9.17, 15) is 0 Å². The second-order valence-corrected chi connectivity index (χ2v) is 8.26. The molecule has 86 valence electrons. The van der Waals surface area contributed by atoms with Crippen LogP contribution in [-0.4, -0.2) is 0 Å². The topological polar surface area (TPSA) is 0 Å². The Bertz CT molecular complexity index is 365. The maximum Gasteiger partial charge on any atom is -0.0224 e. The molecule has 7 saturated carbocycles. The fourth-order valence-electron chi connectivity index (χ4n) is 9.33. The molecule has 16 heavy (non-hydrogen) atoms. The van der Waals surface area contributed by atoms with Gasteiger partial charge < -0.3 is 0 Å². The molecule has 7 aliphatic rings. The van der Waals surface area contributed by atoms with Crippen LogP contribution in [0, 0.1) is 58.7 Å². The molecule has 0 saturated heterocycles. The monoisotopic (exact) mass is 214 g/mol. The van der Waals surface area contributed by atoms with Crippen molar-refractivity contribution in [3.05, 3.63) is 0 Å². The molecule has 8 unspecified atom stereocenters. The molecule has 8 bridgehead atoms. The Labute approximate surface area is 98.2 Å². The molecule has 0 amide bonds. The first-order valence-corrected chi connectivity index (χ1v) is 7.83. The number of fused-ring (bicyclic) bond motifs is 1. The summed E-state index contributed by atoms with van der Waals surface area (Å²) in [5.41, 5.74) is 0.872. The van der Waals surface area contributed by atoms with E-state index in [0.717, 1.165) is 5.41 Å². The Hall–Kier alpha value is 0. The quantitative estimate of drug-likeness (QED) is 0.578. The van der Waals surface area contributed by atoms with Crippen LogP contribution in [0.1, 0.15) is 39.0 Å². The number of rotatable bonds is 0. The Morgan fingerprint density at radius 2 is 1.25 bits per heavy atom. The van der Waals surface area contributed by atoms with Gasteiger partial charge in [0.05, 0.1) is 0 Å². The SMILES string of the molecule is CC12C3C4CCC3C3C4C1C1CCCC1C32. The third-order valence-corrected chi connectivity index (χ3v) is 8.72. The molecule has 0 aromatic rings. The normalized spacial score (nSPS) is 80.4. The molecule has 0 heterocycles. The van der Waals surface area contributed by atoms with Gasteiger partial charge >= 0.3 is 0 Å². The lowest BCUT2D eigenvalue weighted by Crippen LogP contribution is -2.35. The summed E-state index contributed by atoms with van der Waals surface area (Å²) in [6.45, 7) is 2.75. The summed E-state index contributed by atoms with van der Waals surface area (Å²) >= 11 is 0. The maximum atomic E-state index is 2.75. The second kappa shape index (κ2) is 2.04. The highest BCUT2D eigenvalue weighted by Gasteiger charge is 2.85. The fourth-order valence-corrected chi connectivity index (χ4v) is 9.33. The molecule has 0 spiro atoms. The van der Waals surface area contributed by atoms with E-state index in [1.165, 1.54) is 53.3 Å². The molecule has 0 heteroatoms. The van der Waals surface area contributed by atoms with Gasteiger partial charge in [-0.15, -0.1) is 0 Å². The standard InChI is InChI=1S/C16H22/c1-16-13-9-5-6-10(13)12-11(9)14(16)7-3-2-4-8(7)15(12)16/h7-15H,2-6H2,1H3. The highest BCUT2D eigenvalue weighted by molar-refractivity contribution is 5.33. The molecule has 0 nitrogen and oxygen atoms in total. The Morgan fingerprint density at radius 1 is 0.688 bits per heavy atom. The van der Waals surface area contributed by atoms with E-state index >= 15 is 0 Å². The predicted octanol–water partition coefficient (Wildman–Crippen LogP) is 3.57. The third-order valence-electron chi connectivity index (χ3n) is 8.72. The van der Waals surface area contributed by atoms with Crippen molar-refractivity contribution >= 4 is 0 Å². The summed E-state index contributed by atoms with van der Waals surface area (Å²) in [5.74, 6) is 11.0. The van der Waals surface area contributed by atoms with Crippen molar-refractivity contribution in [2.75, 3.05) is 0 Å². The lowest BCUT2D eigenvalue weighted by atomic mass is 9.64. The summed E-state index contributed by atoms with van der Waals surface area (Å²) in [4.78, 5) is 0. The Balaban J connectivity index is 1.63. The molecule has 0 N–H and O–H groups in total. The maximum absolute atomic E-state index is 2.75. The third kappa shape index (κ3) is 0.497. The van der Waals surface area contributed by atoms with Gasteiger partial charge in [-0.1, -0.05) is 13.3 Å². The summed E-state index contributed by atoms with van der Waals surface area (Å²) in [6, 6.07) is 0. The average molecular weight is 214 g/mol. The minimum atomic E-state index is 0.872. The van der Waals surface area contributed by atoms with Crippen molar-refractivity contribution in [3.8, 4) is 0 Å². The predicted molar refractivity (Wildman–Crippen MR) is 62.6 cm³/mol. The smallest absolute Gasteiger partial charge is 0.0224 e. The first kappa shape index (κ1) is 8.16. The molecule has 0 aliphatic heterocycles.